The minimum absolute atomic E-state index is 0.0520. The second-order valence-corrected chi connectivity index (χ2v) is 4.44. The summed E-state index contributed by atoms with van der Waals surface area (Å²) in [6.45, 7) is 2.25. The third-order valence-corrected chi connectivity index (χ3v) is 2.73. The van der Waals surface area contributed by atoms with Crippen LogP contribution in [0.3, 0.4) is 0 Å². The van der Waals surface area contributed by atoms with Crippen LogP contribution in [0.25, 0.3) is 0 Å². The predicted octanol–water partition coefficient (Wildman–Crippen LogP) is 0.120. The number of alkyl halides is 1. The maximum absolute atomic E-state index is 10.8. The number of hydrogen-bond donors (Lipinski definition) is 3. The number of carboxylic acid groups (broad SMARTS) is 1. The molecule has 1 saturated heterocycles. The second kappa shape index (κ2) is 5.65. The lowest BCUT2D eigenvalue weighted by Gasteiger charge is -2.32. The number of hydrogen-bond acceptors (Lipinski definition) is 4. The lowest BCUT2D eigenvalue weighted by molar-refractivity contribution is -0.142. The molecule has 1 heterocycles. The highest BCUT2D eigenvalue weighted by molar-refractivity contribution is 6.22. The molecule has 0 aromatic carbocycles. The molecule has 0 radical (unpaired) electrons. The number of rotatable bonds is 4. The zero-order chi connectivity index (χ0) is 11.4. The van der Waals surface area contributed by atoms with Crippen molar-refractivity contribution < 1.29 is 14.6 Å². The Hall–Kier alpha value is -0.360. The third-order valence-electron chi connectivity index (χ3n) is 2.26. The van der Waals surface area contributed by atoms with E-state index >= 15 is 0 Å². The molecule has 4 unspecified atom stereocenters. The second-order valence-electron chi connectivity index (χ2n) is 3.88. The Morgan fingerprint density at radius 2 is 2.40 bits per heavy atom. The van der Waals surface area contributed by atoms with Gasteiger partial charge in [-0.15, -0.1) is 11.6 Å². The van der Waals surface area contributed by atoms with E-state index in [0.717, 1.165) is 0 Å². The van der Waals surface area contributed by atoms with E-state index in [1.165, 1.54) is 0 Å². The van der Waals surface area contributed by atoms with Crippen molar-refractivity contribution in [2.75, 3.05) is 6.61 Å². The summed E-state index contributed by atoms with van der Waals surface area (Å²) in [6, 6.07) is -0.790. The van der Waals surface area contributed by atoms with Gasteiger partial charge < -0.3 is 15.6 Å². The molecule has 0 spiro atoms. The third kappa shape index (κ3) is 3.95. The van der Waals surface area contributed by atoms with Gasteiger partial charge in [-0.1, -0.05) is 0 Å². The van der Waals surface area contributed by atoms with E-state index in [2.05, 4.69) is 5.32 Å². The van der Waals surface area contributed by atoms with Gasteiger partial charge in [0.05, 0.1) is 12.0 Å². The van der Waals surface area contributed by atoms with E-state index < -0.39 is 12.0 Å². The van der Waals surface area contributed by atoms with Crippen molar-refractivity contribution in [1.29, 1.82) is 0 Å². The maximum Gasteiger partial charge on any atom is 0.322 e. The Bertz CT molecular complexity index is 225. The molecule has 1 fully saturated rings. The monoisotopic (exact) mass is 236 g/mol. The van der Waals surface area contributed by atoms with Crippen LogP contribution in [0, 0.1) is 0 Å². The summed E-state index contributed by atoms with van der Waals surface area (Å²) in [6.07, 6.45) is 1.09. The topological polar surface area (TPSA) is 84.6 Å². The minimum Gasteiger partial charge on any atom is -0.480 e. The number of nitrogens with two attached hydrogens (primary N) is 1. The molecule has 0 aromatic heterocycles. The molecule has 0 aromatic rings. The van der Waals surface area contributed by atoms with Crippen molar-refractivity contribution in [1.82, 2.24) is 5.32 Å². The SMILES string of the molecule is CC(N)COC1CCC(Cl)C(C(=O)O)N1. The summed E-state index contributed by atoms with van der Waals surface area (Å²) >= 11 is 5.88. The van der Waals surface area contributed by atoms with Crippen LogP contribution in [0.4, 0.5) is 0 Å². The molecular weight excluding hydrogens is 220 g/mol. The molecule has 0 aliphatic carbocycles. The first-order valence-corrected chi connectivity index (χ1v) is 5.44. The Labute approximate surface area is 93.9 Å². The molecule has 4 atom stereocenters. The van der Waals surface area contributed by atoms with Gasteiger partial charge in [0, 0.05) is 6.04 Å². The lowest BCUT2D eigenvalue weighted by Crippen LogP contribution is -2.54. The summed E-state index contributed by atoms with van der Waals surface area (Å²) in [7, 11) is 0. The van der Waals surface area contributed by atoms with Crippen LogP contribution >= 0.6 is 11.6 Å². The van der Waals surface area contributed by atoms with Gasteiger partial charge in [0.1, 0.15) is 12.3 Å². The number of ether oxygens (including phenoxy) is 1. The van der Waals surface area contributed by atoms with Crippen LogP contribution in [0.1, 0.15) is 19.8 Å². The van der Waals surface area contributed by atoms with Gasteiger partial charge >= 0.3 is 5.97 Å². The van der Waals surface area contributed by atoms with Crippen LogP contribution in [0.2, 0.25) is 0 Å². The molecule has 0 saturated carbocycles. The van der Waals surface area contributed by atoms with Crippen molar-refractivity contribution >= 4 is 17.6 Å². The molecule has 1 aliphatic heterocycles. The summed E-state index contributed by atoms with van der Waals surface area (Å²) in [5.41, 5.74) is 5.54. The number of carboxylic acids is 1. The Morgan fingerprint density at radius 3 is 2.93 bits per heavy atom. The summed E-state index contributed by atoms with van der Waals surface area (Å²) in [4.78, 5) is 10.8. The van der Waals surface area contributed by atoms with Gasteiger partial charge in [-0.2, -0.15) is 0 Å². The van der Waals surface area contributed by atoms with Crippen molar-refractivity contribution in [3.63, 3.8) is 0 Å². The highest BCUT2D eigenvalue weighted by Gasteiger charge is 2.33. The van der Waals surface area contributed by atoms with Crippen LogP contribution in [-0.4, -0.2) is 41.4 Å². The maximum atomic E-state index is 10.8. The standard InChI is InChI=1S/C9H17ClN2O3/c1-5(11)4-15-7-3-2-6(10)8(12-7)9(13)14/h5-8,12H,2-4,11H2,1H3,(H,13,14). The average Bonchev–Trinajstić information content (AvgIpc) is 2.16. The van der Waals surface area contributed by atoms with Gasteiger partial charge in [-0.05, 0) is 19.8 Å². The van der Waals surface area contributed by atoms with E-state index in [1.54, 1.807) is 0 Å². The number of halogens is 1. The Balaban J connectivity index is 2.40. The molecule has 0 amide bonds. The normalized spacial score (nSPS) is 33.7. The van der Waals surface area contributed by atoms with Gasteiger partial charge in [0.2, 0.25) is 0 Å². The highest BCUT2D eigenvalue weighted by Crippen LogP contribution is 2.19. The first kappa shape index (κ1) is 12.7. The quantitative estimate of drug-likeness (QED) is 0.604. The van der Waals surface area contributed by atoms with E-state index in [4.69, 9.17) is 27.2 Å². The van der Waals surface area contributed by atoms with Crippen molar-refractivity contribution in [2.45, 2.75) is 43.5 Å². The predicted molar refractivity (Wildman–Crippen MR) is 56.8 cm³/mol. The Kier molecular flexibility index (Phi) is 4.79. The van der Waals surface area contributed by atoms with Gasteiger partial charge in [0.15, 0.2) is 0 Å². The smallest absolute Gasteiger partial charge is 0.322 e. The van der Waals surface area contributed by atoms with E-state index in [1.807, 2.05) is 6.92 Å². The zero-order valence-corrected chi connectivity index (χ0v) is 9.41. The molecule has 88 valence electrons. The molecular formula is C9H17ClN2O3. The highest BCUT2D eigenvalue weighted by atomic mass is 35.5. The van der Waals surface area contributed by atoms with E-state index in [9.17, 15) is 4.79 Å². The average molecular weight is 237 g/mol. The van der Waals surface area contributed by atoms with Crippen LogP contribution in [0.5, 0.6) is 0 Å². The first-order valence-electron chi connectivity index (χ1n) is 5.01. The minimum atomic E-state index is -0.941. The van der Waals surface area contributed by atoms with Gasteiger partial charge in [-0.3, -0.25) is 10.1 Å². The van der Waals surface area contributed by atoms with Crippen molar-refractivity contribution in [3.8, 4) is 0 Å². The fraction of sp³-hybridized carbons (Fsp3) is 0.889. The largest absolute Gasteiger partial charge is 0.480 e. The number of aliphatic carboxylic acids is 1. The first-order chi connectivity index (χ1) is 7.00. The van der Waals surface area contributed by atoms with Crippen molar-refractivity contribution in [2.24, 2.45) is 5.73 Å². The van der Waals surface area contributed by atoms with Crippen LogP contribution in [0.15, 0.2) is 0 Å². The van der Waals surface area contributed by atoms with Crippen molar-refractivity contribution in [3.05, 3.63) is 0 Å². The number of piperidine rings is 1. The van der Waals surface area contributed by atoms with E-state index in [-0.39, 0.29) is 17.6 Å². The molecule has 1 aliphatic rings. The fourth-order valence-electron chi connectivity index (χ4n) is 1.49. The summed E-state index contributed by atoms with van der Waals surface area (Å²) < 4.78 is 5.42. The van der Waals surface area contributed by atoms with Gasteiger partial charge in [0.25, 0.3) is 0 Å². The number of carbonyl (C=O) groups is 1. The molecule has 1 rings (SSSR count). The number of nitrogens with one attached hydrogen (secondary N) is 1. The fourth-order valence-corrected chi connectivity index (χ4v) is 1.80. The molecule has 6 heteroatoms. The van der Waals surface area contributed by atoms with Gasteiger partial charge in [-0.25, -0.2) is 0 Å². The van der Waals surface area contributed by atoms with Crippen LogP contribution < -0.4 is 11.1 Å². The lowest BCUT2D eigenvalue weighted by atomic mass is 10.0. The summed E-state index contributed by atoms with van der Waals surface area (Å²) in [5.74, 6) is -0.941. The Morgan fingerprint density at radius 1 is 1.73 bits per heavy atom. The molecule has 0 bridgehead atoms. The molecule has 5 nitrogen and oxygen atoms in total. The summed E-state index contributed by atoms with van der Waals surface area (Å²) in [5, 5.41) is 11.3. The van der Waals surface area contributed by atoms with Crippen LogP contribution in [-0.2, 0) is 9.53 Å². The molecule has 4 N–H and O–H groups in total. The zero-order valence-electron chi connectivity index (χ0n) is 8.65. The molecule has 15 heavy (non-hydrogen) atoms. The van der Waals surface area contributed by atoms with E-state index in [0.29, 0.717) is 19.4 Å².